The topological polar surface area (TPSA) is 36.0 Å². The van der Waals surface area contributed by atoms with Crippen LogP contribution in [0.3, 0.4) is 0 Å². The van der Waals surface area contributed by atoms with Gasteiger partial charge in [0, 0.05) is 0 Å². The molecule has 0 aliphatic rings. The Kier molecular flexibility index (Phi) is 3.69. The van der Waals surface area contributed by atoms with Gasteiger partial charge in [0.1, 0.15) is 0 Å². The average molecular weight is 203 g/mol. The molecule has 0 aliphatic carbocycles. The molecule has 1 aromatic carbocycles. The van der Waals surface area contributed by atoms with E-state index in [2.05, 4.69) is 4.98 Å². The molecule has 0 fully saturated rings. The molecule has 0 amide bonds. The second-order valence-corrected chi connectivity index (χ2v) is 3.60. The Bertz CT molecular complexity index is 399. The molecule has 0 aliphatic heterocycles. The molecule has 1 aromatic heterocycles. The summed E-state index contributed by atoms with van der Waals surface area (Å²) in [5, 5.41) is 11.9. The molecule has 2 nitrogen and oxygen atoms in total. The van der Waals surface area contributed by atoms with Crippen LogP contribution >= 0.6 is 11.3 Å². The van der Waals surface area contributed by atoms with Crippen LogP contribution in [0.4, 0.5) is 0 Å². The Morgan fingerprint density at radius 2 is 2.17 bits per heavy atom. The molecule has 0 unspecified atom stereocenters. The molecule has 1 heterocycles. The number of aryl methyl sites for hydroxylation is 1. The molecule has 0 bridgehead atoms. The van der Waals surface area contributed by atoms with E-state index >= 15 is 0 Å². The molecule has 0 saturated heterocycles. The minimum Gasteiger partial charge on any atom is -0.872 e. The standard InChI is InChI=1S/C8H7NOS.K/c1-5-9-7-3-2-6(10)4-8(7)11-5;/h2-4,10H,1H3;/q;+1/p-1. The first-order valence-corrected chi connectivity index (χ1v) is 4.11. The first-order chi connectivity index (χ1) is 5.25. The molecule has 0 atom stereocenters. The Hall–Kier alpha value is 0.546. The Morgan fingerprint density at radius 3 is 2.92 bits per heavy atom. The van der Waals surface area contributed by atoms with E-state index in [-0.39, 0.29) is 57.1 Å². The maximum absolute atomic E-state index is 10.9. The summed E-state index contributed by atoms with van der Waals surface area (Å²) in [6.07, 6.45) is 0. The Balaban J connectivity index is 0.000000720. The van der Waals surface area contributed by atoms with Gasteiger partial charge in [-0.2, -0.15) is 0 Å². The van der Waals surface area contributed by atoms with Gasteiger partial charge in [0.15, 0.2) is 0 Å². The summed E-state index contributed by atoms with van der Waals surface area (Å²) in [6.45, 7) is 1.94. The number of benzene rings is 1. The molecule has 4 heteroatoms. The number of hydrogen-bond donors (Lipinski definition) is 0. The summed E-state index contributed by atoms with van der Waals surface area (Å²) in [5.41, 5.74) is 0.923. The zero-order chi connectivity index (χ0) is 7.84. The number of rotatable bonds is 0. The molecule has 2 aromatic rings. The normalized spacial score (nSPS) is 9.75. The van der Waals surface area contributed by atoms with Gasteiger partial charge in [0.25, 0.3) is 0 Å². The molecular weight excluding hydrogens is 197 g/mol. The van der Waals surface area contributed by atoms with Crippen molar-refractivity contribution in [3.63, 3.8) is 0 Å². The van der Waals surface area contributed by atoms with E-state index in [1.807, 2.05) is 6.92 Å². The summed E-state index contributed by atoms with van der Waals surface area (Å²) in [7, 11) is 0. The maximum atomic E-state index is 10.9. The van der Waals surface area contributed by atoms with Crippen LogP contribution in [0.25, 0.3) is 10.2 Å². The molecule has 2 rings (SSSR count). The summed E-state index contributed by atoms with van der Waals surface area (Å²) in [4.78, 5) is 4.23. The van der Waals surface area contributed by atoms with Crippen LogP contribution in [0.1, 0.15) is 5.01 Å². The van der Waals surface area contributed by atoms with Gasteiger partial charge in [-0.05, 0) is 13.0 Å². The number of hydrogen-bond acceptors (Lipinski definition) is 3. The van der Waals surface area contributed by atoms with Crippen molar-refractivity contribution in [2.75, 3.05) is 0 Å². The second kappa shape index (κ2) is 4.17. The molecule has 0 spiro atoms. The van der Waals surface area contributed by atoms with Gasteiger partial charge in [-0.15, -0.1) is 17.1 Å². The summed E-state index contributed by atoms with van der Waals surface area (Å²) < 4.78 is 0.981. The van der Waals surface area contributed by atoms with Crippen molar-refractivity contribution < 1.29 is 56.5 Å². The second-order valence-electron chi connectivity index (χ2n) is 2.36. The molecule has 56 valence electrons. The third-order valence-corrected chi connectivity index (χ3v) is 2.40. The monoisotopic (exact) mass is 203 g/mol. The van der Waals surface area contributed by atoms with Crippen molar-refractivity contribution in [1.29, 1.82) is 0 Å². The fourth-order valence-corrected chi connectivity index (χ4v) is 1.88. The smallest absolute Gasteiger partial charge is 0.872 e. The van der Waals surface area contributed by atoms with Crippen molar-refractivity contribution in [1.82, 2.24) is 4.98 Å². The Morgan fingerprint density at radius 1 is 1.42 bits per heavy atom. The van der Waals surface area contributed by atoms with Crippen molar-refractivity contribution in [2.24, 2.45) is 0 Å². The third-order valence-electron chi connectivity index (χ3n) is 1.47. The molecular formula is C8H6KNOS. The van der Waals surface area contributed by atoms with Crippen LogP contribution in [-0.4, -0.2) is 4.98 Å². The van der Waals surface area contributed by atoms with Crippen LogP contribution in [-0.2, 0) is 0 Å². The quantitative estimate of drug-likeness (QED) is 0.498. The van der Waals surface area contributed by atoms with Gasteiger partial charge in [0.05, 0.1) is 15.2 Å². The number of thiazole rings is 1. The first kappa shape index (κ1) is 10.6. The summed E-state index contributed by atoms with van der Waals surface area (Å²) in [5.74, 6) is 0.0566. The predicted octanol–water partition coefficient (Wildman–Crippen LogP) is -1.32. The zero-order valence-corrected chi connectivity index (χ0v) is 10.9. The molecule has 0 radical (unpaired) electrons. The number of aromatic nitrogens is 1. The van der Waals surface area contributed by atoms with Gasteiger partial charge < -0.3 is 5.11 Å². The van der Waals surface area contributed by atoms with Gasteiger partial charge >= 0.3 is 51.4 Å². The SMILES string of the molecule is Cc1nc2ccc([O-])cc2s1.[K+]. The summed E-state index contributed by atoms with van der Waals surface area (Å²) in [6, 6.07) is 4.93. The van der Waals surface area contributed by atoms with Crippen LogP contribution in [0.15, 0.2) is 18.2 Å². The van der Waals surface area contributed by atoms with E-state index in [0.717, 1.165) is 15.2 Å². The van der Waals surface area contributed by atoms with Crippen LogP contribution in [0.2, 0.25) is 0 Å². The zero-order valence-electron chi connectivity index (χ0n) is 7.00. The third kappa shape index (κ3) is 2.07. The minimum absolute atomic E-state index is 0. The van der Waals surface area contributed by atoms with Crippen molar-refractivity contribution in [2.45, 2.75) is 6.92 Å². The molecule has 0 N–H and O–H groups in total. The van der Waals surface area contributed by atoms with Gasteiger partial charge in [-0.1, -0.05) is 12.1 Å². The van der Waals surface area contributed by atoms with Crippen LogP contribution in [0, 0.1) is 6.92 Å². The fourth-order valence-electron chi connectivity index (χ4n) is 1.02. The molecule has 12 heavy (non-hydrogen) atoms. The minimum atomic E-state index is 0. The van der Waals surface area contributed by atoms with E-state index in [9.17, 15) is 5.11 Å². The van der Waals surface area contributed by atoms with Crippen LogP contribution in [0.5, 0.6) is 5.75 Å². The number of fused-ring (bicyclic) bond motifs is 1. The fraction of sp³-hybridized carbons (Fsp3) is 0.125. The van der Waals surface area contributed by atoms with E-state index < -0.39 is 0 Å². The van der Waals surface area contributed by atoms with Gasteiger partial charge in [-0.25, -0.2) is 4.98 Å². The van der Waals surface area contributed by atoms with E-state index in [1.54, 1.807) is 29.5 Å². The average Bonchev–Trinajstić information content (AvgIpc) is 2.27. The number of nitrogens with zero attached hydrogens (tertiary/aromatic N) is 1. The maximum Gasteiger partial charge on any atom is 1.00 e. The first-order valence-electron chi connectivity index (χ1n) is 3.30. The van der Waals surface area contributed by atoms with Crippen LogP contribution < -0.4 is 56.5 Å². The van der Waals surface area contributed by atoms with Gasteiger partial charge in [-0.3, -0.25) is 0 Å². The van der Waals surface area contributed by atoms with E-state index in [1.165, 1.54) is 0 Å². The van der Waals surface area contributed by atoms with Crippen molar-refractivity contribution in [3.8, 4) is 5.75 Å². The molecule has 0 saturated carbocycles. The van der Waals surface area contributed by atoms with Crippen molar-refractivity contribution in [3.05, 3.63) is 23.2 Å². The largest absolute Gasteiger partial charge is 1.00 e. The summed E-state index contributed by atoms with van der Waals surface area (Å²) >= 11 is 1.56. The predicted molar refractivity (Wildman–Crippen MR) is 43.8 cm³/mol. The van der Waals surface area contributed by atoms with Crippen molar-refractivity contribution >= 4 is 21.6 Å². The van der Waals surface area contributed by atoms with E-state index in [4.69, 9.17) is 0 Å². The van der Waals surface area contributed by atoms with Gasteiger partial charge in [0.2, 0.25) is 0 Å². The van der Waals surface area contributed by atoms with E-state index in [0.29, 0.717) is 0 Å². The Labute approximate surface area is 117 Å².